The molecule has 0 aliphatic rings. The lowest BCUT2D eigenvalue weighted by molar-refractivity contribution is 0.629. The van der Waals surface area contributed by atoms with E-state index in [9.17, 15) is 4.39 Å². The Hall–Kier alpha value is -2.63. The van der Waals surface area contributed by atoms with Gasteiger partial charge in [-0.25, -0.2) is 4.39 Å². The Bertz CT molecular complexity index is 1130. The average Bonchev–Trinajstić information content (AvgIpc) is 3.11. The van der Waals surface area contributed by atoms with Crippen LogP contribution >= 0.6 is 23.4 Å². The molecule has 0 aliphatic heterocycles. The molecule has 0 saturated carbocycles. The van der Waals surface area contributed by atoms with Crippen molar-refractivity contribution in [3.05, 3.63) is 94.8 Å². The monoisotopic (exact) mass is 409 g/mol. The fourth-order valence-electron chi connectivity index (χ4n) is 2.97. The maximum absolute atomic E-state index is 14.5. The molecule has 1 heterocycles. The van der Waals surface area contributed by atoms with Crippen LogP contribution in [-0.2, 0) is 5.75 Å². The number of hydrogen-bond donors (Lipinski definition) is 0. The second kappa shape index (κ2) is 8.17. The number of para-hydroxylation sites is 1. The number of aromatic nitrogens is 3. The van der Waals surface area contributed by atoms with E-state index in [4.69, 9.17) is 11.6 Å². The summed E-state index contributed by atoms with van der Waals surface area (Å²) < 4.78 is 16.4. The highest BCUT2D eigenvalue weighted by atomic mass is 35.5. The van der Waals surface area contributed by atoms with E-state index in [-0.39, 0.29) is 5.82 Å². The van der Waals surface area contributed by atoms with Gasteiger partial charge >= 0.3 is 0 Å². The molecule has 6 heteroatoms. The van der Waals surface area contributed by atoms with Crippen molar-refractivity contribution >= 4 is 23.4 Å². The van der Waals surface area contributed by atoms with Crippen LogP contribution in [0, 0.1) is 12.7 Å². The molecule has 3 aromatic carbocycles. The Labute approximate surface area is 172 Å². The summed E-state index contributed by atoms with van der Waals surface area (Å²) in [6.45, 7) is 2.02. The molecule has 0 fully saturated rings. The number of thioether (sulfide) groups is 1. The maximum atomic E-state index is 14.5. The molecule has 4 aromatic rings. The van der Waals surface area contributed by atoms with Gasteiger partial charge in [-0.05, 0) is 42.3 Å². The number of halogens is 2. The molecule has 0 amide bonds. The first-order chi connectivity index (χ1) is 13.6. The smallest absolute Gasteiger partial charge is 0.196 e. The molecule has 1 aromatic heterocycles. The first-order valence-corrected chi connectivity index (χ1v) is 10.1. The first-order valence-electron chi connectivity index (χ1n) is 8.77. The number of aryl methyl sites for hydroxylation is 1. The van der Waals surface area contributed by atoms with E-state index in [1.54, 1.807) is 18.2 Å². The summed E-state index contributed by atoms with van der Waals surface area (Å²) in [6, 6.07) is 22.3. The average molecular weight is 410 g/mol. The topological polar surface area (TPSA) is 30.7 Å². The lowest BCUT2D eigenvalue weighted by Crippen LogP contribution is -2.03. The van der Waals surface area contributed by atoms with Gasteiger partial charge < -0.3 is 0 Å². The molecule has 0 atom stereocenters. The van der Waals surface area contributed by atoms with Crippen LogP contribution in [0.4, 0.5) is 4.39 Å². The third-order valence-corrected chi connectivity index (χ3v) is 5.77. The highest BCUT2D eigenvalue weighted by Gasteiger charge is 2.19. The van der Waals surface area contributed by atoms with Crippen molar-refractivity contribution in [3.8, 4) is 17.1 Å². The van der Waals surface area contributed by atoms with E-state index in [0.29, 0.717) is 27.3 Å². The van der Waals surface area contributed by atoms with Crippen LogP contribution in [0.3, 0.4) is 0 Å². The number of hydrogen-bond acceptors (Lipinski definition) is 3. The predicted octanol–water partition coefficient (Wildman–Crippen LogP) is 6.33. The molecule has 0 spiro atoms. The van der Waals surface area contributed by atoms with Crippen molar-refractivity contribution in [1.29, 1.82) is 0 Å². The van der Waals surface area contributed by atoms with E-state index in [2.05, 4.69) is 10.2 Å². The number of benzene rings is 3. The second-order valence-corrected chi connectivity index (χ2v) is 7.64. The quantitative estimate of drug-likeness (QED) is 0.361. The summed E-state index contributed by atoms with van der Waals surface area (Å²) in [5.74, 6) is 0.794. The third-order valence-electron chi connectivity index (χ3n) is 4.42. The fourth-order valence-corrected chi connectivity index (χ4v) is 4.20. The molecule has 0 radical (unpaired) electrons. The molecule has 0 N–H and O–H groups in total. The van der Waals surface area contributed by atoms with Gasteiger partial charge in [0.1, 0.15) is 5.82 Å². The molecular formula is C22H17ClFN3S. The summed E-state index contributed by atoms with van der Waals surface area (Å²) in [5, 5.41) is 10.1. The largest absolute Gasteiger partial charge is 0.270 e. The normalized spacial score (nSPS) is 11.0. The summed E-state index contributed by atoms with van der Waals surface area (Å²) in [6.07, 6.45) is 0. The molecule has 0 bridgehead atoms. The van der Waals surface area contributed by atoms with E-state index in [1.807, 2.05) is 60.0 Å². The van der Waals surface area contributed by atoms with Gasteiger partial charge in [0.05, 0.1) is 11.3 Å². The minimum atomic E-state index is -0.326. The van der Waals surface area contributed by atoms with Crippen LogP contribution in [0.2, 0.25) is 5.02 Å². The molecule has 0 saturated heterocycles. The van der Waals surface area contributed by atoms with Crippen LogP contribution in [0.5, 0.6) is 0 Å². The van der Waals surface area contributed by atoms with E-state index >= 15 is 0 Å². The van der Waals surface area contributed by atoms with Gasteiger partial charge in [-0.3, -0.25) is 4.57 Å². The van der Waals surface area contributed by atoms with Crippen molar-refractivity contribution < 1.29 is 4.39 Å². The predicted molar refractivity (Wildman–Crippen MR) is 113 cm³/mol. The zero-order valence-corrected chi connectivity index (χ0v) is 16.7. The number of rotatable bonds is 5. The fraction of sp³-hybridized carbons (Fsp3) is 0.0909. The Morgan fingerprint density at radius 1 is 0.929 bits per heavy atom. The highest BCUT2D eigenvalue weighted by Crippen LogP contribution is 2.32. The first kappa shape index (κ1) is 18.7. The minimum Gasteiger partial charge on any atom is -0.270 e. The van der Waals surface area contributed by atoms with Gasteiger partial charge in [0.25, 0.3) is 0 Å². The van der Waals surface area contributed by atoms with Crippen LogP contribution in [0.1, 0.15) is 11.1 Å². The van der Waals surface area contributed by atoms with Crippen LogP contribution in [-0.4, -0.2) is 14.8 Å². The van der Waals surface area contributed by atoms with Gasteiger partial charge in [0.2, 0.25) is 0 Å². The van der Waals surface area contributed by atoms with Gasteiger partial charge in [0, 0.05) is 10.8 Å². The van der Waals surface area contributed by atoms with Gasteiger partial charge in [-0.1, -0.05) is 71.9 Å². The van der Waals surface area contributed by atoms with Crippen molar-refractivity contribution in [1.82, 2.24) is 14.8 Å². The highest BCUT2D eigenvalue weighted by molar-refractivity contribution is 7.98. The summed E-state index contributed by atoms with van der Waals surface area (Å²) in [4.78, 5) is 0. The van der Waals surface area contributed by atoms with Gasteiger partial charge in [-0.15, -0.1) is 10.2 Å². The van der Waals surface area contributed by atoms with Crippen LogP contribution in [0.25, 0.3) is 17.1 Å². The second-order valence-electron chi connectivity index (χ2n) is 6.29. The summed E-state index contributed by atoms with van der Waals surface area (Å²) >= 11 is 7.81. The summed E-state index contributed by atoms with van der Waals surface area (Å²) in [7, 11) is 0. The Morgan fingerprint density at radius 2 is 1.64 bits per heavy atom. The van der Waals surface area contributed by atoms with E-state index in [0.717, 1.165) is 16.8 Å². The lowest BCUT2D eigenvalue weighted by atomic mass is 10.1. The van der Waals surface area contributed by atoms with Crippen molar-refractivity contribution in [2.24, 2.45) is 0 Å². The molecule has 0 aliphatic carbocycles. The Balaban J connectivity index is 1.80. The standard InChI is InChI=1S/C22H17ClFN3S/c1-15-8-2-7-13-20(15)27-21(17-10-4-6-12-19(17)24)25-26-22(27)28-14-16-9-3-5-11-18(16)23/h2-13H,14H2,1H3. The van der Waals surface area contributed by atoms with Gasteiger partial charge in [-0.2, -0.15) is 0 Å². The van der Waals surface area contributed by atoms with Crippen LogP contribution < -0.4 is 0 Å². The number of nitrogens with zero attached hydrogens (tertiary/aromatic N) is 3. The van der Waals surface area contributed by atoms with Crippen LogP contribution in [0.15, 0.2) is 78.0 Å². The zero-order valence-electron chi connectivity index (χ0n) is 15.1. The minimum absolute atomic E-state index is 0.326. The van der Waals surface area contributed by atoms with E-state index in [1.165, 1.54) is 17.8 Å². The molecule has 3 nitrogen and oxygen atoms in total. The Morgan fingerprint density at radius 3 is 2.43 bits per heavy atom. The molecule has 4 rings (SSSR count). The molecule has 0 unspecified atom stereocenters. The van der Waals surface area contributed by atoms with Gasteiger partial charge in [0.15, 0.2) is 11.0 Å². The van der Waals surface area contributed by atoms with Crippen molar-refractivity contribution in [2.45, 2.75) is 17.8 Å². The third kappa shape index (κ3) is 3.68. The zero-order chi connectivity index (χ0) is 19.5. The van der Waals surface area contributed by atoms with Crippen molar-refractivity contribution in [2.75, 3.05) is 0 Å². The van der Waals surface area contributed by atoms with Crippen molar-refractivity contribution in [3.63, 3.8) is 0 Å². The Kier molecular flexibility index (Phi) is 5.46. The SMILES string of the molecule is Cc1ccccc1-n1c(SCc2ccccc2Cl)nnc1-c1ccccc1F. The lowest BCUT2D eigenvalue weighted by Gasteiger charge is -2.13. The molecular weight excluding hydrogens is 393 g/mol. The molecule has 140 valence electrons. The molecule has 28 heavy (non-hydrogen) atoms. The maximum Gasteiger partial charge on any atom is 0.196 e. The summed E-state index contributed by atoms with van der Waals surface area (Å²) in [5.41, 5.74) is 3.41. The van der Waals surface area contributed by atoms with E-state index < -0.39 is 0 Å².